The summed E-state index contributed by atoms with van der Waals surface area (Å²) in [4.78, 5) is 14.3. The van der Waals surface area contributed by atoms with Gasteiger partial charge < -0.3 is 10.2 Å². The minimum Gasteiger partial charge on any atom is -0.310 e. The summed E-state index contributed by atoms with van der Waals surface area (Å²) in [6.07, 6.45) is 4.46. The number of halogens is 1. The topological polar surface area (TPSA) is 50.2 Å². The van der Waals surface area contributed by atoms with Crippen LogP contribution in [0, 0.1) is 0 Å². The van der Waals surface area contributed by atoms with Crippen LogP contribution in [0.5, 0.6) is 0 Å². The van der Waals surface area contributed by atoms with Crippen molar-refractivity contribution in [2.45, 2.75) is 32.0 Å². The molecule has 116 valence electrons. The molecule has 1 N–H and O–H groups in total. The number of nitrogens with zero attached hydrogens (tertiary/aromatic N) is 3. The van der Waals surface area contributed by atoms with Crippen LogP contribution in [0.25, 0.3) is 0 Å². The van der Waals surface area contributed by atoms with E-state index in [2.05, 4.69) is 17.3 Å². The molecule has 1 aromatic heterocycles. The maximum absolute atomic E-state index is 12.6. The van der Waals surface area contributed by atoms with Gasteiger partial charge in [0.05, 0.1) is 23.3 Å². The Bertz CT molecular complexity index is 643. The minimum absolute atomic E-state index is 0.0837. The number of hydrogen-bond donors (Lipinski definition) is 1. The van der Waals surface area contributed by atoms with Gasteiger partial charge in [-0.15, -0.1) is 0 Å². The highest BCUT2D eigenvalue weighted by Crippen LogP contribution is 2.29. The van der Waals surface area contributed by atoms with Crippen molar-refractivity contribution in [2.24, 2.45) is 0 Å². The molecule has 0 unspecified atom stereocenters. The van der Waals surface area contributed by atoms with Crippen LogP contribution in [0.2, 0.25) is 5.02 Å². The Morgan fingerprint density at radius 2 is 2.23 bits per heavy atom. The average Bonchev–Trinajstić information content (AvgIpc) is 3.11. The lowest BCUT2D eigenvalue weighted by Gasteiger charge is -2.21. The molecule has 2 atom stereocenters. The van der Waals surface area contributed by atoms with Gasteiger partial charge in [0, 0.05) is 25.0 Å². The molecule has 1 fully saturated rings. The Labute approximate surface area is 134 Å². The van der Waals surface area contributed by atoms with Crippen molar-refractivity contribution in [1.82, 2.24) is 15.1 Å². The van der Waals surface area contributed by atoms with Gasteiger partial charge in [-0.25, -0.2) is 0 Å². The number of amides is 1. The first-order chi connectivity index (χ1) is 10.6. The van der Waals surface area contributed by atoms with E-state index >= 15 is 0 Å². The summed E-state index contributed by atoms with van der Waals surface area (Å²) in [5.74, 6) is 0.0837. The third kappa shape index (κ3) is 3.15. The van der Waals surface area contributed by atoms with E-state index in [9.17, 15) is 4.79 Å². The lowest BCUT2D eigenvalue weighted by Crippen LogP contribution is -2.44. The molecule has 2 aromatic rings. The fraction of sp³-hybridized carbons (Fsp3) is 0.375. The molecule has 22 heavy (non-hydrogen) atoms. The molecule has 0 radical (unpaired) electrons. The molecule has 0 saturated carbocycles. The van der Waals surface area contributed by atoms with E-state index in [4.69, 9.17) is 11.6 Å². The molecule has 1 aliphatic heterocycles. The van der Waals surface area contributed by atoms with Gasteiger partial charge in [0.2, 0.25) is 5.91 Å². The quantitative estimate of drug-likeness (QED) is 0.920. The van der Waals surface area contributed by atoms with Crippen LogP contribution in [0.4, 0.5) is 5.69 Å². The summed E-state index contributed by atoms with van der Waals surface area (Å²) >= 11 is 6.19. The summed E-state index contributed by atoms with van der Waals surface area (Å²) in [5, 5.41) is 8.19. The van der Waals surface area contributed by atoms with E-state index in [0.29, 0.717) is 11.6 Å². The molecule has 1 aromatic carbocycles. The first-order valence-corrected chi connectivity index (χ1v) is 7.82. The zero-order valence-electron chi connectivity index (χ0n) is 12.4. The van der Waals surface area contributed by atoms with Crippen LogP contribution in [-0.2, 0) is 11.3 Å². The number of rotatable bonds is 5. The minimum atomic E-state index is -0.165. The molecule has 1 aliphatic rings. The maximum Gasteiger partial charge on any atom is 0.244 e. The van der Waals surface area contributed by atoms with Crippen LogP contribution in [0.3, 0.4) is 0 Å². The highest BCUT2D eigenvalue weighted by molar-refractivity contribution is 6.33. The highest BCUT2D eigenvalue weighted by atomic mass is 35.5. The SMILES string of the molecule is C[C@@H](Cn1cccn1)N[C@@H]1CCN(c2ccccc2Cl)C1=O. The van der Waals surface area contributed by atoms with Crippen molar-refractivity contribution in [3.8, 4) is 0 Å². The van der Waals surface area contributed by atoms with Gasteiger partial charge in [-0.3, -0.25) is 9.48 Å². The predicted octanol–water partition coefficient (Wildman–Crippen LogP) is 2.32. The summed E-state index contributed by atoms with van der Waals surface area (Å²) < 4.78 is 1.86. The van der Waals surface area contributed by atoms with Crippen molar-refractivity contribution in [3.63, 3.8) is 0 Å². The van der Waals surface area contributed by atoms with Gasteiger partial charge in [0.1, 0.15) is 0 Å². The third-order valence-corrected chi connectivity index (χ3v) is 4.17. The highest BCUT2D eigenvalue weighted by Gasteiger charge is 2.33. The zero-order chi connectivity index (χ0) is 15.5. The summed E-state index contributed by atoms with van der Waals surface area (Å²) in [6.45, 7) is 3.49. The second-order valence-corrected chi connectivity index (χ2v) is 5.99. The van der Waals surface area contributed by atoms with E-state index in [1.54, 1.807) is 11.1 Å². The van der Waals surface area contributed by atoms with E-state index in [1.165, 1.54) is 0 Å². The second kappa shape index (κ2) is 6.50. The van der Waals surface area contributed by atoms with Crippen molar-refractivity contribution >= 4 is 23.2 Å². The van der Waals surface area contributed by atoms with Gasteiger partial charge in [-0.1, -0.05) is 23.7 Å². The second-order valence-electron chi connectivity index (χ2n) is 5.58. The lowest BCUT2D eigenvalue weighted by molar-refractivity contribution is -0.119. The number of para-hydroxylation sites is 1. The predicted molar refractivity (Wildman–Crippen MR) is 87.0 cm³/mol. The molecule has 0 bridgehead atoms. The maximum atomic E-state index is 12.6. The zero-order valence-corrected chi connectivity index (χ0v) is 13.2. The molecule has 5 nitrogen and oxygen atoms in total. The summed E-state index contributed by atoms with van der Waals surface area (Å²) in [6, 6.07) is 9.36. The molecule has 3 rings (SSSR count). The Kier molecular flexibility index (Phi) is 4.45. The normalized spacial score (nSPS) is 19.6. The van der Waals surface area contributed by atoms with E-state index in [1.807, 2.05) is 41.2 Å². The largest absolute Gasteiger partial charge is 0.310 e. The number of hydrogen-bond acceptors (Lipinski definition) is 3. The number of carbonyl (C=O) groups is 1. The Hall–Kier alpha value is -1.85. The number of nitrogens with one attached hydrogen (secondary N) is 1. The van der Waals surface area contributed by atoms with Crippen molar-refractivity contribution < 1.29 is 4.79 Å². The Balaban J connectivity index is 1.63. The van der Waals surface area contributed by atoms with Crippen LogP contribution in [0.1, 0.15) is 13.3 Å². The molecule has 6 heteroatoms. The standard InChI is InChI=1S/C16H19ClN4O/c1-12(11-20-9-4-8-18-20)19-14-7-10-21(16(14)22)15-6-3-2-5-13(15)17/h2-6,8-9,12,14,19H,7,10-11H2,1H3/t12-,14+/m0/s1. The summed E-state index contributed by atoms with van der Waals surface area (Å²) in [7, 11) is 0. The van der Waals surface area contributed by atoms with Gasteiger partial charge >= 0.3 is 0 Å². The van der Waals surface area contributed by atoms with E-state index in [0.717, 1.165) is 18.7 Å². The summed E-state index contributed by atoms with van der Waals surface area (Å²) in [5.41, 5.74) is 0.790. The van der Waals surface area contributed by atoms with Crippen molar-refractivity contribution in [3.05, 3.63) is 47.7 Å². The van der Waals surface area contributed by atoms with E-state index < -0.39 is 0 Å². The molecule has 0 aliphatic carbocycles. The van der Waals surface area contributed by atoms with E-state index in [-0.39, 0.29) is 18.0 Å². The van der Waals surface area contributed by atoms with Crippen LogP contribution in [-0.4, -0.2) is 34.3 Å². The van der Waals surface area contributed by atoms with Crippen molar-refractivity contribution in [2.75, 3.05) is 11.4 Å². The van der Waals surface area contributed by atoms with Crippen LogP contribution >= 0.6 is 11.6 Å². The molecule has 1 amide bonds. The van der Waals surface area contributed by atoms with Gasteiger partial charge in [0.15, 0.2) is 0 Å². The van der Waals surface area contributed by atoms with Gasteiger partial charge in [-0.05, 0) is 31.5 Å². The number of benzene rings is 1. The molecular formula is C16H19ClN4O. The fourth-order valence-corrected chi connectivity index (χ4v) is 3.07. The number of anilines is 1. The molecular weight excluding hydrogens is 300 g/mol. The number of aromatic nitrogens is 2. The van der Waals surface area contributed by atoms with Gasteiger partial charge in [-0.2, -0.15) is 5.10 Å². The Morgan fingerprint density at radius 3 is 2.95 bits per heavy atom. The first-order valence-electron chi connectivity index (χ1n) is 7.44. The van der Waals surface area contributed by atoms with Crippen LogP contribution in [0.15, 0.2) is 42.7 Å². The fourth-order valence-electron chi connectivity index (χ4n) is 2.83. The first kappa shape index (κ1) is 15.1. The molecule has 0 spiro atoms. The van der Waals surface area contributed by atoms with Crippen molar-refractivity contribution in [1.29, 1.82) is 0 Å². The molecule has 1 saturated heterocycles. The monoisotopic (exact) mass is 318 g/mol. The third-order valence-electron chi connectivity index (χ3n) is 3.85. The smallest absolute Gasteiger partial charge is 0.244 e. The Morgan fingerprint density at radius 1 is 1.41 bits per heavy atom. The van der Waals surface area contributed by atoms with Crippen LogP contribution < -0.4 is 10.2 Å². The van der Waals surface area contributed by atoms with Gasteiger partial charge in [0.25, 0.3) is 0 Å². The number of carbonyl (C=O) groups excluding carboxylic acids is 1. The lowest BCUT2D eigenvalue weighted by atomic mass is 10.2. The molecule has 2 heterocycles. The average molecular weight is 319 g/mol.